The third-order valence-electron chi connectivity index (χ3n) is 2.01. The number of rotatable bonds is 3. The van der Waals surface area contributed by atoms with E-state index in [2.05, 4.69) is 0 Å². The van der Waals surface area contributed by atoms with Crippen molar-refractivity contribution in [2.45, 2.75) is 0 Å². The molecule has 2 aromatic rings. The van der Waals surface area contributed by atoms with Gasteiger partial charge in [0.1, 0.15) is 17.6 Å². The van der Waals surface area contributed by atoms with Crippen molar-refractivity contribution in [3.05, 3.63) is 54.3 Å². The number of carbonyl (C=O) groups excluding carboxylic acids is 1. The minimum Gasteiger partial charge on any atom is -0.457 e. The number of para-hydroxylation sites is 1. The highest BCUT2D eigenvalue weighted by atomic mass is 16.3. The van der Waals surface area contributed by atoms with E-state index in [4.69, 9.17) is 4.42 Å². The normalized spacial score (nSPS) is 11.7. The van der Waals surface area contributed by atoms with Crippen molar-refractivity contribution >= 4 is 23.3 Å². The largest absolute Gasteiger partial charge is 0.457 e. The molecule has 0 aliphatic heterocycles. The lowest BCUT2D eigenvalue weighted by Crippen LogP contribution is -1.59. The maximum Gasteiger partial charge on any atom is 0.142 e. The first kappa shape index (κ1) is 9.46. The van der Waals surface area contributed by atoms with Crippen molar-refractivity contribution in [1.82, 2.24) is 0 Å². The predicted molar refractivity (Wildman–Crippen MR) is 60.5 cm³/mol. The molecule has 0 unspecified atom stereocenters. The van der Waals surface area contributed by atoms with Crippen LogP contribution >= 0.6 is 0 Å². The molecular weight excluding hydrogens is 188 g/mol. The van der Waals surface area contributed by atoms with Gasteiger partial charge in [-0.25, -0.2) is 0 Å². The average molecular weight is 198 g/mol. The van der Waals surface area contributed by atoms with E-state index in [0.29, 0.717) is 0 Å². The van der Waals surface area contributed by atoms with E-state index in [1.807, 2.05) is 36.4 Å². The van der Waals surface area contributed by atoms with Crippen LogP contribution in [-0.4, -0.2) is 6.29 Å². The molecular formula is C13H10O2. The molecule has 0 aliphatic carbocycles. The molecule has 0 saturated heterocycles. The van der Waals surface area contributed by atoms with Gasteiger partial charge in [0.2, 0.25) is 0 Å². The molecule has 2 heteroatoms. The van der Waals surface area contributed by atoms with Gasteiger partial charge >= 0.3 is 0 Å². The molecule has 0 atom stereocenters. The van der Waals surface area contributed by atoms with Crippen molar-refractivity contribution < 1.29 is 9.21 Å². The second-order valence-electron chi connectivity index (χ2n) is 3.07. The van der Waals surface area contributed by atoms with Gasteiger partial charge in [0.15, 0.2) is 0 Å². The zero-order chi connectivity index (χ0) is 10.5. The van der Waals surface area contributed by atoms with Crippen LogP contribution in [0, 0.1) is 0 Å². The van der Waals surface area contributed by atoms with E-state index in [1.54, 1.807) is 12.2 Å². The second-order valence-corrected chi connectivity index (χ2v) is 3.07. The molecule has 0 N–H and O–H groups in total. The lowest BCUT2D eigenvalue weighted by molar-refractivity contribution is -0.104. The van der Waals surface area contributed by atoms with Crippen molar-refractivity contribution in [2.75, 3.05) is 0 Å². The van der Waals surface area contributed by atoms with Gasteiger partial charge in [0.25, 0.3) is 0 Å². The SMILES string of the molecule is O=C/C=C/C=C/c1cc2ccccc2o1. The van der Waals surface area contributed by atoms with Crippen LogP contribution in [0.25, 0.3) is 17.0 Å². The number of furan rings is 1. The average Bonchev–Trinajstić information content (AvgIpc) is 2.67. The van der Waals surface area contributed by atoms with Gasteiger partial charge in [-0.1, -0.05) is 30.4 Å². The summed E-state index contributed by atoms with van der Waals surface area (Å²) in [7, 11) is 0. The monoisotopic (exact) mass is 198 g/mol. The summed E-state index contributed by atoms with van der Waals surface area (Å²) in [6.07, 6.45) is 7.43. The third kappa shape index (κ3) is 2.23. The fourth-order valence-electron chi connectivity index (χ4n) is 1.34. The quantitative estimate of drug-likeness (QED) is 0.430. The van der Waals surface area contributed by atoms with E-state index in [0.717, 1.165) is 23.0 Å². The predicted octanol–water partition coefficient (Wildman–Crippen LogP) is 3.20. The van der Waals surface area contributed by atoms with Crippen LogP contribution in [0.2, 0.25) is 0 Å². The molecule has 0 amide bonds. The molecule has 1 aromatic carbocycles. The smallest absolute Gasteiger partial charge is 0.142 e. The Labute approximate surface area is 87.5 Å². The summed E-state index contributed by atoms with van der Waals surface area (Å²) in [5.74, 6) is 0.784. The number of benzene rings is 1. The topological polar surface area (TPSA) is 30.2 Å². The number of hydrogen-bond donors (Lipinski definition) is 0. The molecule has 15 heavy (non-hydrogen) atoms. The summed E-state index contributed by atoms with van der Waals surface area (Å²) in [5, 5.41) is 1.08. The molecule has 2 rings (SSSR count). The van der Waals surface area contributed by atoms with E-state index < -0.39 is 0 Å². The first-order chi connectivity index (χ1) is 7.40. The molecule has 0 bridgehead atoms. The van der Waals surface area contributed by atoms with Crippen LogP contribution in [0.15, 0.2) is 53.0 Å². The summed E-state index contributed by atoms with van der Waals surface area (Å²) in [4.78, 5) is 10.0. The van der Waals surface area contributed by atoms with Crippen LogP contribution < -0.4 is 0 Å². The summed E-state index contributed by atoms with van der Waals surface area (Å²) in [5.41, 5.74) is 0.872. The van der Waals surface area contributed by atoms with E-state index in [9.17, 15) is 4.79 Å². The Balaban J connectivity index is 2.25. The molecule has 0 spiro atoms. The Hall–Kier alpha value is -2.09. The van der Waals surface area contributed by atoms with Crippen molar-refractivity contribution in [1.29, 1.82) is 0 Å². The first-order valence-corrected chi connectivity index (χ1v) is 4.67. The molecule has 74 valence electrons. The standard InChI is InChI=1S/C13H10O2/c14-9-5-1-2-7-12-10-11-6-3-4-8-13(11)15-12/h1-10H/b5-1+,7-2+. The Bertz CT molecular complexity index is 485. The van der Waals surface area contributed by atoms with Crippen molar-refractivity contribution in [3.63, 3.8) is 0 Å². The van der Waals surface area contributed by atoms with E-state index >= 15 is 0 Å². The fourth-order valence-corrected chi connectivity index (χ4v) is 1.34. The lowest BCUT2D eigenvalue weighted by Gasteiger charge is -1.82. The molecule has 0 saturated carbocycles. The van der Waals surface area contributed by atoms with Crippen LogP contribution in [0.5, 0.6) is 0 Å². The number of carbonyl (C=O) groups is 1. The maximum atomic E-state index is 10.0. The molecule has 1 aromatic heterocycles. The Morgan fingerprint density at radius 2 is 1.93 bits per heavy atom. The zero-order valence-corrected chi connectivity index (χ0v) is 8.09. The highest BCUT2D eigenvalue weighted by Gasteiger charge is 1.97. The van der Waals surface area contributed by atoms with Gasteiger partial charge in [0, 0.05) is 5.39 Å². The Morgan fingerprint density at radius 3 is 2.73 bits per heavy atom. The lowest BCUT2D eigenvalue weighted by atomic mass is 10.2. The van der Waals surface area contributed by atoms with Gasteiger partial charge in [-0.2, -0.15) is 0 Å². The van der Waals surface area contributed by atoms with Crippen molar-refractivity contribution in [2.24, 2.45) is 0 Å². The zero-order valence-electron chi connectivity index (χ0n) is 8.09. The van der Waals surface area contributed by atoms with E-state index in [-0.39, 0.29) is 0 Å². The van der Waals surface area contributed by atoms with Gasteiger partial charge in [-0.05, 0) is 24.3 Å². The van der Waals surface area contributed by atoms with Crippen LogP contribution in [0.3, 0.4) is 0 Å². The van der Waals surface area contributed by atoms with Gasteiger partial charge < -0.3 is 4.42 Å². The van der Waals surface area contributed by atoms with Crippen LogP contribution in [0.1, 0.15) is 5.76 Å². The fraction of sp³-hybridized carbons (Fsp3) is 0. The summed E-state index contributed by atoms with van der Waals surface area (Å²) < 4.78 is 5.54. The highest BCUT2D eigenvalue weighted by molar-refractivity contribution is 5.79. The van der Waals surface area contributed by atoms with Crippen LogP contribution in [-0.2, 0) is 4.79 Å². The summed E-state index contributed by atoms with van der Waals surface area (Å²) in [6.45, 7) is 0. The number of allylic oxidation sites excluding steroid dienone is 3. The molecule has 0 aliphatic rings. The summed E-state index contributed by atoms with van der Waals surface area (Å²) in [6, 6.07) is 9.79. The Kier molecular flexibility index (Phi) is 2.79. The van der Waals surface area contributed by atoms with Crippen molar-refractivity contribution in [3.8, 4) is 0 Å². The number of fused-ring (bicyclic) bond motifs is 1. The summed E-state index contributed by atoms with van der Waals surface area (Å²) >= 11 is 0. The first-order valence-electron chi connectivity index (χ1n) is 4.67. The molecule has 0 radical (unpaired) electrons. The van der Waals surface area contributed by atoms with E-state index in [1.165, 1.54) is 6.08 Å². The number of aldehydes is 1. The maximum absolute atomic E-state index is 10.0. The highest BCUT2D eigenvalue weighted by Crippen LogP contribution is 2.19. The molecule has 1 heterocycles. The third-order valence-corrected chi connectivity index (χ3v) is 2.01. The molecule has 2 nitrogen and oxygen atoms in total. The Morgan fingerprint density at radius 1 is 1.07 bits per heavy atom. The second kappa shape index (κ2) is 4.42. The van der Waals surface area contributed by atoms with Gasteiger partial charge in [-0.3, -0.25) is 4.79 Å². The number of hydrogen-bond acceptors (Lipinski definition) is 2. The van der Waals surface area contributed by atoms with Gasteiger partial charge in [-0.15, -0.1) is 0 Å². The molecule has 0 fully saturated rings. The minimum atomic E-state index is 0.739. The minimum absolute atomic E-state index is 0.739. The van der Waals surface area contributed by atoms with Gasteiger partial charge in [0.05, 0.1) is 0 Å². The van der Waals surface area contributed by atoms with Crippen LogP contribution in [0.4, 0.5) is 0 Å².